The molecule has 134 valence electrons. The SMILES string of the molecule is COc1cc(C)c(S(=O)(=O)N2CCC3(CC2)OCCCO3)cc1C. The summed E-state index contributed by atoms with van der Waals surface area (Å²) < 4.78 is 44.4. The lowest BCUT2D eigenvalue weighted by atomic mass is 10.0. The van der Waals surface area contributed by atoms with Gasteiger partial charge in [-0.1, -0.05) is 0 Å². The van der Waals surface area contributed by atoms with Crippen molar-refractivity contribution < 1.29 is 22.6 Å². The highest BCUT2D eigenvalue weighted by atomic mass is 32.2. The fourth-order valence-corrected chi connectivity index (χ4v) is 5.11. The molecule has 0 unspecified atom stereocenters. The van der Waals surface area contributed by atoms with Crippen molar-refractivity contribution in [1.29, 1.82) is 0 Å². The van der Waals surface area contributed by atoms with Crippen LogP contribution in [0.1, 0.15) is 30.4 Å². The molecule has 0 bridgehead atoms. The molecule has 0 aromatic heterocycles. The van der Waals surface area contributed by atoms with Crippen molar-refractivity contribution in [1.82, 2.24) is 4.31 Å². The van der Waals surface area contributed by atoms with Crippen LogP contribution in [0.25, 0.3) is 0 Å². The Labute approximate surface area is 143 Å². The molecule has 1 aromatic rings. The topological polar surface area (TPSA) is 65.1 Å². The number of methoxy groups -OCH3 is 1. The average molecular weight is 355 g/mol. The van der Waals surface area contributed by atoms with Crippen LogP contribution in [0.15, 0.2) is 17.0 Å². The van der Waals surface area contributed by atoms with Gasteiger partial charge in [0.25, 0.3) is 0 Å². The largest absolute Gasteiger partial charge is 0.496 e. The predicted molar refractivity (Wildman–Crippen MR) is 89.7 cm³/mol. The first-order chi connectivity index (χ1) is 11.4. The Hall–Kier alpha value is -1.15. The highest BCUT2D eigenvalue weighted by Gasteiger charge is 2.41. The van der Waals surface area contributed by atoms with E-state index in [1.54, 1.807) is 26.2 Å². The molecular formula is C17H25NO5S. The van der Waals surface area contributed by atoms with E-state index in [-0.39, 0.29) is 0 Å². The summed E-state index contributed by atoms with van der Waals surface area (Å²) in [5.74, 6) is 0.114. The average Bonchev–Trinajstić information content (AvgIpc) is 2.57. The molecule has 1 spiro atoms. The number of ether oxygens (including phenoxy) is 3. The lowest BCUT2D eigenvalue weighted by Gasteiger charge is -2.42. The van der Waals surface area contributed by atoms with Crippen LogP contribution in [0.2, 0.25) is 0 Å². The number of aryl methyl sites for hydroxylation is 2. The van der Waals surface area contributed by atoms with E-state index in [2.05, 4.69) is 0 Å². The van der Waals surface area contributed by atoms with Gasteiger partial charge in [-0.25, -0.2) is 8.42 Å². The van der Waals surface area contributed by atoms with Crippen molar-refractivity contribution in [2.24, 2.45) is 0 Å². The van der Waals surface area contributed by atoms with Gasteiger partial charge in [-0.2, -0.15) is 4.31 Å². The summed E-state index contributed by atoms with van der Waals surface area (Å²) in [6, 6.07) is 3.47. The zero-order chi connectivity index (χ0) is 17.4. The van der Waals surface area contributed by atoms with Gasteiger partial charge in [0.05, 0.1) is 25.2 Å². The minimum absolute atomic E-state index is 0.349. The maximum absolute atomic E-state index is 13.0. The molecule has 0 N–H and O–H groups in total. The van der Waals surface area contributed by atoms with Gasteiger partial charge in [-0.05, 0) is 43.5 Å². The van der Waals surface area contributed by atoms with Gasteiger partial charge < -0.3 is 14.2 Å². The van der Waals surface area contributed by atoms with Crippen molar-refractivity contribution in [3.63, 3.8) is 0 Å². The maximum Gasteiger partial charge on any atom is 0.243 e. The molecule has 1 aromatic carbocycles. The highest BCUT2D eigenvalue weighted by Crippen LogP contribution is 2.34. The predicted octanol–water partition coefficient (Wildman–Crippen LogP) is 2.23. The van der Waals surface area contributed by atoms with Crippen LogP contribution in [-0.2, 0) is 19.5 Å². The van der Waals surface area contributed by atoms with E-state index in [0.717, 1.165) is 12.0 Å². The summed E-state index contributed by atoms with van der Waals surface area (Å²) in [4.78, 5) is 0.349. The van der Waals surface area contributed by atoms with E-state index in [9.17, 15) is 8.42 Å². The Morgan fingerprint density at radius 2 is 1.71 bits per heavy atom. The van der Waals surface area contributed by atoms with E-state index >= 15 is 0 Å². The first-order valence-electron chi connectivity index (χ1n) is 8.31. The second-order valence-corrected chi connectivity index (χ2v) is 8.36. The molecule has 2 aliphatic heterocycles. The fourth-order valence-electron chi connectivity index (χ4n) is 3.37. The van der Waals surface area contributed by atoms with Gasteiger partial charge in [0.2, 0.25) is 10.0 Å². The summed E-state index contributed by atoms with van der Waals surface area (Å²) in [6.07, 6.45) is 2.04. The van der Waals surface area contributed by atoms with E-state index in [1.165, 1.54) is 4.31 Å². The second kappa shape index (κ2) is 6.63. The monoisotopic (exact) mass is 355 g/mol. The van der Waals surface area contributed by atoms with Crippen LogP contribution in [0.4, 0.5) is 0 Å². The summed E-state index contributed by atoms with van der Waals surface area (Å²) in [5, 5.41) is 0. The van der Waals surface area contributed by atoms with Crippen molar-refractivity contribution >= 4 is 10.0 Å². The molecule has 0 saturated carbocycles. The van der Waals surface area contributed by atoms with Crippen LogP contribution >= 0.6 is 0 Å². The van der Waals surface area contributed by atoms with Gasteiger partial charge in [-0.15, -0.1) is 0 Å². The van der Waals surface area contributed by atoms with E-state index in [1.807, 2.05) is 6.92 Å². The molecule has 6 nitrogen and oxygen atoms in total. The molecule has 0 atom stereocenters. The first kappa shape index (κ1) is 17.7. The summed E-state index contributed by atoms with van der Waals surface area (Å²) in [5.41, 5.74) is 1.51. The Balaban J connectivity index is 1.81. The molecule has 2 aliphatic rings. The normalized spacial score (nSPS) is 21.8. The van der Waals surface area contributed by atoms with Crippen molar-refractivity contribution in [2.45, 2.75) is 43.8 Å². The van der Waals surface area contributed by atoms with Crippen molar-refractivity contribution in [3.05, 3.63) is 23.3 Å². The molecule has 2 heterocycles. The Kier molecular flexibility index (Phi) is 4.88. The van der Waals surface area contributed by atoms with Crippen molar-refractivity contribution in [3.8, 4) is 5.75 Å². The molecule has 0 aliphatic carbocycles. The number of benzene rings is 1. The van der Waals surface area contributed by atoms with Crippen LogP contribution in [0.3, 0.4) is 0 Å². The van der Waals surface area contributed by atoms with Gasteiger partial charge in [0.1, 0.15) is 5.75 Å². The van der Waals surface area contributed by atoms with Crippen LogP contribution in [0.5, 0.6) is 5.75 Å². The second-order valence-electron chi connectivity index (χ2n) is 6.45. The molecule has 2 fully saturated rings. The highest BCUT2D eigenvalue weighted by molar-refractivity contribution is 7.89. The molecule has 0 amide bonds. The smallest absolute Gasteiger partial charge is 0.243 e. The number of hydrogen-bond donors (Lipinski definition) is 0. The Morgan fingerprint density at radius 3 is 2.29 bits per heavy atom. The summed E-state index contributed by atoms with van der Waals surface area (Å²) in [6.45, 7) is 5.84. The quantitative estimate of drug-likeness (QED) is 0.832. The molecule has 24 heavy (non-hydrogen) atoms. The number of rotatable bonds is 3. The van der Waals surface area contributed by atoms with Crippen LogP contribution in [-0.4, -0.2) is 51.9 Å². The summed E-state index contributed by atoms with van der Waals surface area (Å²) in [7, 11) is -1.94. The maximum atomic E-state index is 13.0. The van der Waals surface area contributed by atoms with Gasteiger partial charge in [0, 0.05) is 25.9 Å². The molecule has 7 heteroatoms. The molecule has 0 radical (unpaired) electrons. The third-order valence-corrected chi connectivity index (χ3v) is 6.85. The zero-order valence-electron chi connectivity index (χ0n) is 14.5. The standard InChI is InChI=1S/C17H25NO5S/c1-13-12-16(14(2)11-15(13)21-3)24(19,20)18-7-5-17(6-8-18)22-9-4-10-23-17/h11-12H,4-10H2,1-3H3. The Bertz CT molecular complexity index is 700. The van der Waals surface area contributed by atoms with Crippen molar-refractivity contribution in [2.75, 3.05) is 33.4 Å². The number of piperidine rings is 1. The minimum Gasteiger partial charge on any atom is -0.496 e. The first-order valence-corrected chi connectivity index (χ1v) is 9.75. The number of hydrogen-bond acceptors (Lipinski definition) is 5. The minimum atomic E-state index is -3.53. The van der Waals surface area contributed by atoms with E-state index in [4.69, 9.17) is 14.2 Å². The van der Waals surface area contributed by atoms with Crippen LogP contribution in [0, 0.1) is 13.8 Å². The lowest BCUT2D eigenvalue weighted by molar-refractivity contribution is -0.280. The number of sulfonamides is 1. The third kappa shape index (κ3) is 3.18. The van der Waals surface area contributed by atoms with Gasteiger partial charge in [-0.3, -0.25) is 0 Å². The van der Waals surface area contributed by atoms with Gasteiger partial charge in [0.15, 0.2) is 5.79 Å². The molecule has 2 saturated heterocycles. The zero-order valence-corrected chi connectivity index (χ0v) is 15.3. The summed E-state index contributed by atoms with van der Waals surface area (Å²) >= 11 is 0. The fraction of sp³-hybridized carbons (Fsp3) is 0.647. The van der Waals surface area contributed by atoms with E-state index in [0.29, 0.717) is 55.4 Å². The third-order valence-electron chi connectivity index (χ3n) is 4.81. The molecular weight excluding hydrogens is 330 g/mol. The molecule has 3 rings (SSSR count). The van der Waals surface area contributed by atoms with Gasteiger partial charge >= 0.3 is 0 Å². The Morgan fingerprint density at radius 1 is 1.08 bits per heavy atom. The van der Waals surface area contributed by atoms with Crippen LogP contribution < -0.4 is 4.74 Å². The van der Waals surface area contributed by atoms with E-state index < -0.39 is 15.8 Å². The number of nitrogens with zero attached hydrogens (tertiary/aromatic N) is 1. The lowest BCUT2D eigenvalue weighted by Crippen LogP contribution is -2.51.